The first kappa shape index (κ1) is 20.0. The second kappa shape index (κ2) is 8.58. The number of H-pyrrole nitrogens is 1. The molecule has 0 saturated heterocycles. The number of nitrogens with zero attached hydrogens (tertiary/aromatic N) is 3. The summed E-state index contributed by atoms with van der Waals surface area (Å²) in [5, 5.41) is 12.8. The van der Waals surface area contributed by atoms with Crippen LogP contribution in [0.2, 0.25) is 0 Å². The zero-order valence-electron chi connectivity index (χ0n) is 16.7. The number of aryl methyl sites for hydroxylation is 1. The highest BCUT2D eigenvalue weighted by molar-refractivity contribution is 6.08. The topological polar surface area (TPSA) is 121 Å². The molecule has 0 atom stereocenters. The fourth-order valence-electron chi connectivity index (χ4n) is 3.18. The van der Waals surface area contributed by atoms with Crippen LogP contribution in [0, 0.1) is 0 Å². The highest BCUT2D eigenvalue weighted by Gasteiger charge is 2.19. The molecule has 1 aromatic carbocycles. The number of rotatable bonds is 6. The van der Waals surface area contributed by atoms with Crippen LogP contribution in [0.15, 0.2) is 60.9 Å². The number of anilines is 1. The molecule has 31 heavy (non-hydrogen) atoms. The van der Waals surface area contributed by atoms with E-state index in [0.717, 1.165) is 0 Å². The summed E-state index contributed by atoms with van der Waals surface area (Å²) in [6.45, 7) is 1.93. The van der Waals surface area contributed by atoms with Crippen LogP contribution in [-0.2, 0) is 11.2 Å². The zero-order chi connectivity index (χ0) is 21.8. The van der Waals surface area contributed by atoms with E-state index in [-0.39, 0.29) is 11.5 Å². The van der Waals surface area contributed by atoms with Gasteiger partial charge in [0, 0.05) is 36.1 Å². The molecule has 0 saturated carbocycles. The van der Waals surface area contributed by atoms with E-state index in [1.165, 1.54) is 12.3 Å². The molecule has 154 valence electrons. The first-order chi connectivity index (χ1) is 15.0. The molecule has 0 aliphatic carbocycles. The minimum Gasteiger partial charge on any atom is -0.478 e. The molecule has 0 radical (unpaired) electrons. The summed E-state index contributed by atoms with van der Waals surface area (Å²) in [5.74, 6) is -0.781. The lowest BCUT2D eigenvalue weighted by atomic mass is 10.1. The van der Waals surface area contributed by atoms with E-state index >= 15 is 0 Å². The largest absolute Gasteiger partial charge is 0.478 e. The number of carbonyl (C=O) groups excluding carboxylic acids is 1. The molecule has 0 aliphatic rings. The van der Waals surface area contributed by atoms with Gasteiger partial charge in [0.15, 0.2) is 0 Å². The Hall–Kier alpha value is -4.33. The van der Waals surface area contributed by atoms with Crippen LogP contribution in [0.4, 0.5) is 5.69 Å². The number of carboxylic acids is 1. The summed E-state index contributed by atoms with van der Waals surface area (Å²) in [6.07, 6.45) is 6.69. The Balaban J connectivity index is 1.67. The van der Waals surface area contributed by atoms with E-state index in [1.54, 1.807) is 42.6 Å². The predicted molar refractivity (Wildman–Crippen MR) is 118 cm³/mol. The van der Waals surface area contributed by atoms with Crippen LogP contribution < -0.4 is 5.32 Å². The van der Waals surface area contributed by atoms with Crippen molar-refractivity contribution in [2.75, 3.05) is 5.32 Å². The van der Waals surface area contributed by atoms with Gasteiger partial charge < -0.3 is 15.4 Å². The van der Waals surface area contributed by atoms with Gasteiger partial charge in [-0.3, -0.25) is 9.78 Å². The zero-order valence-corrected chi connectivity index (χ0v) is 16.7. The molecule has 1 amide bonds. The number of aromatic carboxylic acids is 1. The fourth-order valence-corrected chi connectivity index (χ4v) is 3.18. The monoisotopic (exact) mass is 413 g/mol. The van der Waals surface area contributed by atoms with Crippen molar-refractivity contribution >= 4 is 34.7 Å². The third kappa shape index (κ3) is 4.32. The molecule has 0 bridgehead atoms. The van der Waals surface area contributed by atoms with Crippen molar-refractivity contribution in [2.45, 2.75) is 13.3 Å². The van der Waals surface area contributed by atoms with Crippen LogP contribution in [0.25, 0.3) is 28.4 Å². The quantitative estimate of drug-likeness (QED) is 0.412. The standard InChI is InChI=1S/C23H19N5O3/c1-2-18-27-21(20-17(23(30)31)13-25-22(20)28-18)14-6-5-8-16(12-14)26-19(29)10-9-15-7-3-4-11-24-15/h3-13H,2H2,1H3,(H,26,29)(H,30,31)(H,25,27,28)/b10-9+. The molecule has 8 nitrogen and oxygen atoms in total. The van der Waals surface area contributed by atoms with Gasteiger partial charge in [-0.1, -0.05) is 25.1 Å². The second-order valence-corrected chi connectivity index (χ2v) is 6.73. The number of hydrogen-bond donors (Lipinski definition) is 3. The van der Waals surface area contributed by atoms with Crippen LogP contribution in [-0.4, -0.2) is 36.9 Å². The maximum absolute atomic E-state index is 12.3. The summed E-state index contributed by atoms with van der Waals surface area (Å²) < 4.78 is 0. The predicted octanol–water partition coefficient (Wildman–Crippen LogP) is 3.93. The first-order valence-electron chi connectivity index (χ1n) is 9.67. The molecular formula is C23H19N5O3. The van der Waals surface area contributed by atoms with Gasteiger partial charge in [-0.25, -0.2) is 14.8 Å². The highest BCUT2D eigenvalue weighted by Crippen LogP contribution is 2.30. The Kier molecular flexibility index (Phi) is 5.53. The Bertz CT molecular complexity index is 1300. The summed E-state index contributed by atoms with van der Waals surface area (Å²) in [7, 11) is 0. The molecule has 0 fully saturated rings. The van der Waals surface area contributed by atoms with Crippen molar-refractivity contribution in [3.05, 3.63) is 78.0 Å². The number of amides is 1. The van der Waals surface area contributed by atoms with Crippen molar-refractivity contribution in [1.82, 2.24) is 19.9 Å². The number of hydrogen-bond acceptors (Lipinski definition) is 5. The van der Waals surface area contributed by atoms with Crippen molar-refractivity contribution in [1.29, 1.82) is 0 Å². The van der Waals surface area contributed by atoms with E-state index in [2.05, 4.69) is 25.3 Å². The molecule has 8 heteroatoms. The van der Waals surface area contributed by atoms with Gasteiger partial charge in [0.1, 0.15) is 11.5 Å². The number of fused-ring (bicyclic) bond motifs is 1. The Labute approximate surface area is 177 Å². The van der Waals surface area contributed by atoms with Gasteiger partial charge in [0.25, 0.3) is 0 Å². The van der Waals surface area contributed by atoms with Gasteiger partial charge in [-0.15, -0.1) is 0 Å². The van der Waals surface area contributed by atoms with Gasteiger partial charge in [0.2, 0.25) is 5.91 Å². The van der Waals surface area contributed by atoms with Gasteiger partial charge in [-0.05, 0) is 30.3 Å². The molecule has 3 heterocycles. The maximum Gasteiger partial charge on any atom is 0.338 e. The van der Waals surface area contributed by atoms with Crippen LogP contribution >= 0.6 is 0 Å². The molecule has 4 rings (SSSR count). The minimum absolute atomic E-state index is 0.0976. The lowest BCUT2D eigenvalue weighted by Gasteiger charge is -2.09. The van der Waals surface area contributed by atoms with Crippen LogP contribution in [0.1, 0.15) is 28.8 Å². The smallest absolute Gasteiger partial charge is 0.338 e. The summed E-state index contributed by atoms with van der Waals surface area (Å²) in [4.78, 5) is 40.0. The minimum atomic E-state index is -1.07. The summed E-state index contributed by atoms with van der Waals surface area (Å²) in [5.41, 5.74) is 2.98. The maximum atomic E-state index is 12.3. The molecule has 3 N–H and O–H groups in total. The average molecular weight is 413 g/mol. The fraction of sp³-hybridized carbons (Fsp3) is 0.0870. The van der Waals surface area contributed by atoms with Crippen LogP contribution in [0.5, 0.6) is 0 Å². The van der Waals surface area contributed by atoms with Gasteiger partial charge in [-0.2, -0.15) is 0 Å². The first-order valence-corrected chi connectivity index (χ1v) is 9.67. The Morgan fingerprint density at radius 3 is 2.77 bits per heavy atom. The summed E-state index contributed by atoms with van der Waals surface area (Å²) >= 11 is 0. The number of nitrogens with one attached hydrogen (secondary N) is 2. The number of carbonyl (C=O) groups is 2. The molecule has 0 spiro atoms. The van der Waals surface area contributed by atoms with E-state index in [1.807, 2.05) is 19.1 Å². The Morgan fingerprint density at radius 1 is 1.16 bits per heavy atom. The molecular weight excluding hydrogens is 394 g/mol. The lowest BCUT2D eigenvalue weighted by Crippen LogP contribution is -2.08. The number of aromatic amines is 1. The van der Waals surface area contributed by atoms with Crippen molar-refractivity contribution < 1.29 is 14.7 Å². The molecule has 3 aromatic heterocycles. The second-order valence-electron chi connectivity index (χ2n) is 6.73. The third-order valence-electron chi connectivity index (χ3n) is 4.62. The van der Waals surface area contributed by atoms with E-state index in [9.17, 15) is 14.7 Å². The normalized spacial score (nSPS) is 11.1. The molecule has 0 aliphatic heterocycles. The molecule has 4 aromatic rings. The van der Waals surface area contributed by atoms with Crippen molar-refractivity contribution in [3.8, 4) is 11.3 Å². The molecule has 0 unspecified atom stereocenters. The highest BCUT2D eigenvalue weighted by atomic mass is 16.4. The Morgan fingerprint density at radius 2 is 2.03 bits per heavy atom. The van der Waals surface area contributed by atoms with Gasteiger partial charge >= 0.3 is 5.97 Å². The average Bonchev–Trinajstić information content (AvgIpc) is 3.22. The van der Waals surface area contributed by atoms with Crippen molar-refractivity contribution in [3.63, 3.8) is 0 Å². The summed E-state index contributed by atoms with van der Waals surface area (Å²) in [6, 6.07) is 12.5. The number of carboxylic acid groups (broad SMARTS) is 1. The number of pyridine rings is 1. The third-order valence-corrected chi connectivity index (χ3v) is 4.62. The van der Waals surface area contributed by atoms with Crippen molar-refractivity contribution in [2.24, 2.45) is 0 Å². The van der Waals surface area contributed by atoms with Crippen LogP contribution in [0.3, 0.4) is 0 Å². The number of aromatic nitrogens is 4. The lowest BCUT2D eigenvalue weighted by molar-refractivity contribution is -0.111. The van der Waals surface area contributed by atoms with E-state index in [0.29, 0.717) is 45.9 Å². The number of benzene rings is 1. The van der Waals surface area contributed by atoms with E-state index in [4.69, 9.17) is 0 Å². The SMILES string of the molecule is CCc1nc(-c2cccc(NC(=O)/C=C/c3ccccn3)c2)c2c(C(=O)O)c[nH]c2n1. The van der Waals surface area contributed by atoms with Gasteiger partial charge in [0.05, 0.1) is 22.3 Å². The van der Waals surface area contributed by atoms with E-state index < -0.39 is 5.97 Å².